The summed E-state index contributed by atoms with van der Waals surface area (Å²) in [5, 5.41) is 3.67. The van der Waals surface area contributed by atoms with Crippen LogP contribution in [0.3, 0.4) is 0 Å². The van der Waals surface area contributed by atoms with Gasteiger partial charge in [-0.25, -0.2) is 4.83 Å². The predicted octanol–water partition coefficient (Wildman–Crippen LogP) is 2.16. The molecule has 98 valence electrons. The first-order chi connectivity index (χ1) is 9.08. The van der Waals surface area contributed by atoms with Crippen LogP contribution in [0.4, 0.5) is 0 Å². The van der Waals surface area contributed by atoms with Crippen LogP contribution in [0.15, 0.2) is 63.1 Å². The van der Waals surface area contributed by atoms with E-state index in [4.69, 9.17) is 0 Å². The normalized spacial score (nSPS) is 11.6. The average molecular weight is 340 g/mol. The van der Waals surface area contributed by atoms with E-state index in [1.807, 2.05) is 0 Å². The van der Waals surface area contributed by atoms with Crippen LogP contribution in [0, 0.1) is 0 Å². The Bertz CT molecular complexity index is 670. The SMILES string of the molecule is O=S(=O)(N/N=C\c1ccccn1)c1ccc(Br)cc1. The van der Waals surface area contributed by atoms with Crippen LogP contribution in [-0.2, 0) is 10.0 Å². The Kier molecular flexibility index (Phi) is 4.28. The van der Waals surface area contributed by atoms with E-state index in [0.717, 1.165) is 4.47 Å². The number of nitrogens with one attached hydrogen (secondary N) is 1. The lowest BCUT2D eigenvalue weighted by Gasteiger charge is -2.02. The van der Waals surface area contributed by atoms with Gasteiger partial charge in [-0.3, -0.25) is 4.98 Å². The summed E-state index contributed by atoms with van der Waals surface area (Å²) in [5.74, 6) is 0. The van der Waals surface area contributed by atoms with Gasteiger partial charge >= 0.3 is 0 Å². The molecule has 0 saturated carbocycles. The number of pyridine rings is 1. The molecule has 2 aromatic rings. The first kappa shape index (κ1) is 13.7. The molecular weight excluding hydrogens is 330 g/mol. The van der Waals surface area contributed by atoms with Crippen LogP contribution in [0.2, 0.25) is 0 Å². The Morgan fingerprint density at radius 2 is 1.89 bits per heavy atom. The zero-order valence-electron chi connectivity index (χ0n) is 9.69. The number of hydrazone groups is 1. The van der Waals surface area contributed by atoms with Gasteiger partial charge in [0.1, 0.15) is 0 Å². The highest BCUT2D eigenvalue weighted by Crippen LogP contribution is 2.14. The highest BCUT2D eigenvalue weighted by molar-refractivity contribution is 9.10. The summed E-state index contributed by atoms with van der Waals surface area (Å²) >= 11 is 3.24. The van der Waals surface area contributed by atoms with Gasteiger partial charge < -0.3 is 0 Å². The Labute approximate surface area is 119 Å². The number of benzene rings is 1. The van der Waals surface area contributed by atoms with Crippen molar-refractivity contribution < 1.29 is 8.42 Å². The van der Waals surface area contributed by atoms with Gasteiger partial charge in [-0.2, -0.15) is 13.5 Å². The predicted molar refractivity (Wildman–Crippen MR) is 76.3 cm³/mol. The maximum atomic E-state index is 11.9. The van der Waals surface area contributed by atoms with E-state index in [1.165, 1.54) is 18.3 Å². The van der Waals surface area contributed by atoms with Crippen LogP contribution in [0.1, 0.15) is 5.69 Å². The van der Waals surface area contributed by atoms with Crippen molar-refractivity contribution in [1.29, 1.82) is 0 Å². The molecule has 0 aliphatic carbocycles. The second-order valence-electron chi connectivity index (χ2n) is 3.56. The molecule has 0 aliphatic heterocycles. The molecule has 1 heterocycles. The van der Waals surface area contributed by atoms with Crippen molar-refractivity contribution in [2.75, 3.05) is 0 Å². The standard InChI is InChI=1S/C12H10BrN3O2S/c13-10-4-6-12(7-5-10)19(17,18)16-15-9-11-3-1-2-8-14-11/h1-9,16H/b15-9-. The van der Waals surface area contributed by atoms with Crippen LogP contribution in [0.5, 0.6) is 0 Å². The second kappa shape index (κ2) is 5.94. The molecule has 0 amide bonds. The lowest BCUT2D eigenvalue weighted by molar-refractivity contribution is 0.584. The van der Waals surface area contributed by atoms with Crippen molar-refractivity contribution in [3.8, 4) is 0 Å². The smallest absolute Gasteiger partial charge is 0.255 e. The van der Waals surface area contributed by atoms with Crippen molar-refractivity contribution in [3.63, 3.8) is 0 Å². The molecule has 0 aliphatic rings. The van der Waals surface area contributed by atoms with Gasteiger partial charge in [0, 0.05) is 10.7 Å². The molecule has 7 heteroatoms. The minimum Gasteiger partial charge on any atom is -0.255 e. The molecular formula is C12H10BrN3O2S. The van der Waals surface area contributed by atoms with Gasteiger partial charge in [-0.1, -0.05) is 22.0 Å². The van der Waals surface area contributed by atoms with E-state index in [0.29, 0.717) is 5.69 Å². The summed E-state index contributed by atoms with van der Waals surface area (Å²) in [4.78, 5) is 6.27. The maximum absolute atomic E-state index is 11.9. The van der Waals surface area contributed by atoms with Crippen molar-refractivity contribution in [2.24, 2.45) is 5.10 Å². The van der Waals surface area contributed by atoms with Crippen LogP contribution < -0.4 is 4.83 Å². The number of rotatable bonds is 4. The molecule has 0 saturated heterocycles. The molecule has 0 bridgehead atoms. The third-order valence-electron chi connectivity index (χ3n) is 2.18. The maximum Gasteiger partial charge on any atom is 0.276 e. The van der Waals surface area contributed by atoms with Crippen LogP contribution in [0.25, 0.3) is 0 Å². The van der Waals surface area contributed by atoms with E-state index in [2.05, 4.69) is 30.8 Å². The zero-order valence-corrected chi connectivity index (χ0v) is 12.1. The third-order valence-corrected chi connectivity index (χ3v) is 3.95. The lowest BCUT2D eigenvalue weighted by Crippen LogP contribution is -2.18. The Morgan fingerprint density at radius 3 is 2.53 bits per heavy atom. The van der Waals surface area contributed by atoms with Crippen LogP contribution in [-0.4, -0.2) is 19.6 Å². The molecule has 2 rings (SSSR count). The summed E-state index contributed by atoms with van der Waals surface area (Å²) in [7, 11) is -3.64. The zero-order chi connectivity index (χ0) is 13.7. The topological polar surface area (TPSA) is 71.4 Å². The number of halogens is 1. The molecule has 1 N–H and O–H groups in total. The summed E-state index contributed by atoms with van der Waals surface area (Å²) in [6.45, 7) is 0. The fourth-order valence-electron chi connectivity index (χ4n) is 1.28. The number of hydrogen-bond acceptors (Lipinski definition) is 4. The van der Waals surface area contributed by atoms with Crippen molar-refractivity contribution in [1.82, 2.24) is 9.82 Å². The van der Waals surface area contributed by atoms with Gasteiger partial charge in [0.25, 0.3) is 10.0 Å². The van der Waals surface area contributed by atoms with Gasteiger partial charge in [0.15, 0.2) is 0 Å². The fourth-order valence-corrected chi connectivity index (χ4v) is 2.34. The minimum atomic E-state index is -3.64. The second-order valence-corrected chi connectivity index (χ2v) is 6.14. The minimum absolute atomic E-state index is 0.147. The van der Waals surface area contributed by atoms with Gasteiger partial charge in [0.05, 0.1) is 16.8 Å². The van der Waals surface area contributed by atoms with Crippen molar-refractivity contribution >= 4 is 32.2 Å². The highest BCUT2D eigenvalue weighted by atomic mass is 79.9. The van der Waals surface area contributed by atoms with Gasteiger partial charge in [0.2, 0.25) is 0 Å². The molecule has 19 heavy (non-hydrogen) atoms. The van der Waals surface area contributed by atoms with Gasteiger partial charge in [-0.05, 0) is 36.4 Å². The number of hydrogen-bond donors (Lipinski definition) is 1. The molecule has 0 spiro atoms. The van der Waals surface area contributed by atoms with Crippen molar-refractivity contribution in [2.45, 2.75) is 4.90 Å². The molecule has 0 fully saturated rings. The highest BCUT2D eigenvalue weighted by Gasteiger charge is 2.11. The number of sulfonamides is 1. The Morgan fingerprint density at radius 1 is 1.16 bits per heavy atom. The first-order valence-electron chi connectivity index (χ1n) is 5.29. The van der Waals surface area contributed by atoms with E-state index in [9.17, 15) is 8.42 Å². The summed E-state index contributed by atoms with van der Waals surface area (Å²) in [6.07, 6.45) is 2.95. The van der Waals surface area contributed by atoms with Crippen molar-refractivity contribution in [3.05, 3.63) is 58.8 Å². The molecule has 0 unspecified atom stereocenters. The largest absolute Gasteiger partial charge is 0.276 e. The van der Waals surface area contributed by atoms with E-state index in [1.54, 1.807) is 36.5 Å². The molecule has 5 nitrogen and oxygen atoms in total. The molecule has 1 aromatic carbocycles. The summed E-state index contributed by atoms with van der Waals surface area (Å²) in [6, 6.07) is 11.6. The Balaban J connectivity index is 2.10. The van der Waals surface area contributed by atoms with Gasteiger partial charge in [-0.15, -0.1) is 0 Å². The lowest BCUT2D eigenvalue weighted by atomic mass is 10.4. The first-order valence-corrected chi connectivity index (χ1v) is 7.57. The molecule has 1 aromatic heterocycles. The third kappa shape index (κ3) is 3.87. The average Bonchev–Trinajstić information content (AvgIpc) is 2.40. The number of aromatic nitrogens is 1. The molecule has 0 atom stereocenters. The van der Waals surface area contributed by atoms with E-state index >= 15 is 0 Å². The van der Waals surface area contributed by atoms with E-state index in [-0.39, 0.29) is 4.90 Å². The monoisotopic (exact) mass is 339 g/mol. The molecule has 0 radical (unpaired) electrons. The Hall–Kier alpha value is -1.73. The van der Waals surface area contributed by atoms with E-state index < -0.39 is 10.0 Å². The summed E-state index contributed by atoms with van der Waals surface area (Å²) in [5.41, 5.74) is 0.570. The van der Waals surface area contributed by atoms with Crippen LogP contribution >= 0.6 is 15.9 Å². The summed E-state index contributed by atoms with van der Waals surface area (Å²) < 4.78 is 24.6. The quantitative estimate of drug-likeness (QED) is 0.685. The number of nitrogens with zero attached hydrogens (tertiary/aromatic N) is 2. The fraction of sp³-hybridized carbons (Fsp3) is 0.